The fourth-order valence-corrected chi connectivity index (χ4v) is 1.91. The van der Waals surface area contributed by atoms with E-state index >= 15 is 0 Å². The van der Waals surface area contributed by atoms with E-state index in [2.05, 4.69) is 25.2 Å². The molecule has 2 aromatic heterocycles. The van der Waals surface area contributed by atoms with Crippen molar-refractivity contribution in [2.45, 2.75) is 12.6 Å². The first-order valence-electron chi connectivity index (χ1n) is 5.56. The first kappa shape index (κ1) is 13.0. The summed E-state index contributed by atoms with van der Waals surface area (Å²) in [5.74, 6) is 0.573. The number of hydrogen-bond donors (Lipinski definition) is 2. The molecule has 98 valence electrons. The Morgan fingerprint density at radius 3 is 2.94 bits per heavy atom. The van der Waals surface area contributed by atoms with Gasteiger partial charge in [0.05, 0.1) is 23.5 Å². The number of nitrogens with zero attached hydrogens (tertiary/aromatic N) is 5. The number of halogens is 1. The Hall–Kier alpha value is -1.44. The number of nitrogens with one attached hydrogen (secondary N) is 1. The van der Waals surface area contributed by atoms with Crippen molar-refractivity contribution in [3.8, 4) is 0 Å². The van der Waals surface area contributed by atoms with E-state index in [1.165, 1.54) is 6.33 Å². The third-order valence-corrected chi connectivity index (χ3v) is 2.91. The zero-order valence-electron chi connectivity index (χ0n) is 10.3. The van der Waals surface area contributed by atoms with Crippen LogP contribution in [-0.4, -0.2) is 50.5 Å². The van der Waals surface area contributed by atoms with Crippen molar-refractivity contribution in [1.29, 1.82) is 0 Å². The first-order valence-corrected chi connectivity index (χ1v) is 5.94. The van der Waals surface area contributed by atoms with Gasteiger partial charge in [0.15, 0.2) is 0 Å². The van der Waals surface area contributed by atoms with Crippen molar-refractivity contribution in [3.63, 3.8) is 0 Å². The van der Waals surface area contributed by atoms with Gasteiger partial charge >= 0.3 is 0 Å². The maximum absolute atomic E-state index is 6.13. The summed E-state index contributed by atoms with van der Waals surface area (Å²) >= 11 is 6.13. The Labute approximate surface area is 110 Å². The molecule has 2 rings (SSSR count). The molecule has 1 unspecified atom stereocenters. The summed E-state index contributed by atoms with van der Waals surface area (Å²) in [6.07, 6.45) is 3.02. The minimum atomic E-state index is -0.454. The van der Waals surface area contributed by atoms with E-state index in [-0.39, 0.29) is 0 Å². The summed E-state index contributed by atoms with van der Waals surface area (Å²) in [5.41, 5.74) is 6.87. The fraction of sp³-hybridized carbons (Fsp3) is 0.500. The first-order chi connectivity index (χ1) is 8.59. The summed E-state index contributed by atoms with van der Waals surface area (Å²) in [4.78, 5) is 6.12. The highest BCUT2D eigenvalue weighted by atomic mass is 35.5. The molecule has 0 aliphatic rings. The van der Waals surface area contributed by atoms with Crippen LogP contribution >= 0.6 is 11.6 Å². The molecule has 8 heteroatoms. The van der Waals surface area contributed by atoms with Crippen LogP contribution in [-0.2, 0) is 6.54 Å². The van der Waals surface area contributed by atoms with Gasteiger partial charge in [-0.25, -0.2) is 4.98 Å². The molecule has 0 radical (unpaired) electrons. The molecule has 2 heterocycles. The smallest absolute Gasteiger partial charge is 0.147 e. The summed E-state index contributed by atoms with van der Waals surface area (Å²) < 4.78 is 1.80. The van der Waals surface area contributed by atoms with Crippen LogP contribution < -0.4 is 5.73 Å². The molecular weight excluding hydrogens is 254 g/mol. The van der Waals surface area contributed by atoms with Crippen LogP contribution in [0.25, 0.3) is 0 Å². The van der Waals surface area contributed by atoms with Gasteiger partial charge in [-0.2, -0.15) is 10.2 Å². The van der Waals surface area contributed by atoms with Crippen LogP contribution in [0.2, 0.25) is 5.02 Å². The molecule has 18 heavy (non-hydrogen) atoms. The SMILES string of the molecule is CN(C)CCn1ncc(Cl)c1C(N)c1ncn[nH]1. The normalized spacial score (nSPS) is 13.2. The van der Waals surface area contributed by atoms with Gasteiger partial charge in [-0.05, 0) is 14.1 Å². The molecule has 0 aromatic carbocycles. The van der Waals surface area contributed by atoms with Gasteiger partial charge in [0.2, 0.25) is 0 Å². The van der Waals surface area contributed by atoms with Gasteiger partial charge in [-0.1, -0.05) is 11.6 Å². The lowest BCUT2D eigenvalue weighted by molar-refractivity contribution is 0.367. The molecule has 0 spiro atoms. The van der Waals surface area contributed by atoms with Gasteiger partial charge in [0.25, 0.3) is 0 Å². The Balaban J connectivity index is 2.23. The van der Waals surface area contributed by atoms with Gasteiger partial charge in [-0.15, -0.1) is 0 Å². The predicted molar refractivity (Wildman–Crippen MR) is 68.2 cm³/mol. The Morgan fingerprint density at radius 1 is 1.56 bits per heavy atom. The molecule has 3 N–H and O–H groups in total. The maximum atomic E-state index is 6.13. The van der Waals surface area contributed by atoms with E-state index in [4.69, 9.17) is 17.3 Å². The molecule has 0 saturated heterocycles. The second-order valence-electron chi connectivity index (χ2n) is 4.25. The quantitative estimate of drug-likeness (QED) is 0.813. The Kier molecular flexibility index (Phi) is 3.95. The largest absolute Gasteiger partial charge is 0.316 e. The second-order valence-corrected chi connectivity index (χ2v) is 4.66. The predicted octanol–water partition coefficient (Wildman–Crippen LogP) is 0.264. The summed E-state index contributed by atoms with van der Waals surface area (Å²) in [6, 6.07) is -0.454. The van der Waals surface area contributed by atoms with Crippen molar-refractivity contribution in [3.05, 3.63) is 29.1 Å². The third-order valence-electron chi connectivity index (χ3n) is 2.62. The minimum Gasteiger partial charge on any atom is -0.316 e. The second kappa shape index (κ2) is 5.47. The number of rotatable bonds is 5. The fourth-order valence-electron chi connectivity index (χ4n) is 1.65. The van der Waals surface area contributed by atoms with Gasteiger partial charge in [0.1, 0.15) is 18.2 Å². The van der Waals surface area contributed by atoms with Crippen LogP contribution in [0.4, 0.5) is 0 Å². The Bertz CT molecular complexity index is 490. The van der Waals surface area contributed by atoms with Crippen molar-refractivity contribution in [2.24, 2.45) is 5.73 Å². The van der Waals surface area contributed by atoms with Crippen LogP contribution in [0.15, 0.2) is 12.5 Å². The molecule has 0 aliphatic carbocycles. The van der Waals surface area contributed by atoms with Crippen molar-refractivity contribution >= 4 is 11.6 Å². The average Bonchev–Trinajstić information content (AvgIpc) is 2.94. The molecule has 0 fully saturated rings. The summed E-state index contributed by atoms with van der Waals surface area (Å²) in [5, 5.41) is 11.3. The lowest BCUT2D eigenvalue weighted by atomic mass is 10.2. The molecular formula is C10H16ClN7. The van der Waals surface area contributed by atoms with E-state index in [0.29, 0.717) is 10.8 Å². The standard InChI is InChI=1S/C10H16ClN7/c1-17(2)3-4-18-9(7(11)5-15-18)8(12)10-13-6-14-16-10/h5-6,8H,3-4,12H2,1-2H3,(H,13,14,16). The topological polar surface area (TPSA) is 88.7 Å². The number of aromatic nitrogens is 5. The van der Waals surface area contributed by atoms with Gasteiger partial charge in [0, 0.05) is 6.54 Å². The molecule has 7 nitrogen and oxygen atoms in total. The van der Waals surface area contributed by atoms with E-state index in [9.17, 15) is 0 Å². The molecule has 0 saturated carbocycles. The summed E-state index contributed by atoms with van der Waals surface area (Å²) in [7, 11) is 4.00. The third kappa shape index (κ3) is 2.69. The lowest BCUT2D eigenvalue weighted by Gasteiger charge is -2.15. The number of hydrogen-bond acceptors (Lipinski definition) is 5. The number of likely N-dealkylation sites (N-methyl/N-ethyl adjacent to an activating group) is 1. The van der Waals surface area contributed by atoms with E-state index in [1.54, 1.807) is 10.9 Å². The molecule has 1 atom stereocenters. The van der Waals surface area contributed by atoms with Crippen LogP contribution in [0.5, 0.6) is 0 Å². The highest BCUT2D eigenvalue weighted by Crippen LogP contribution is 2.24. The molecule has 0 amide bonds. The zero-order chi connectivity index (χ0) is 13.1. The van der Waals surface area contributed by atoms with Crippen molar-refractivity contribution in [1.82, 2.24) is 29.9 Å². The van der Waals surface area contributed by atoms with E-state index < -0.39 is 6.04 Å². The Morgan fingerprint density at radius 2 is 2.33 bits per heavy atom. The maximum Gasteiger partial charge on any atom is 0.147 e. The highest BCUT2D eigenvalue weighted by molar-refractivity contribution is 6.31. The lowest BCUT2D eigenvalue weighted by Crippen LogP contribution is -2.24. The summed E-state index contributed by atoms with van der Waals surface area (Å²) in [6.45, 7) is 1.57. The number of nitrogens with two attached hydrogens (primary N) is 1. The average molecular weight is 270 g/mol. The van der Waals surface area contributed by atoms with Crippen LogP contribution in [0.3, 0.4) is 0 Å². The highest BCUT2D eigenvalue weighted by Gasteiger charge is 2.20. The van der Waals surface area contributed by atoms with Crippen LogP contribution in [0, 0.1) is 0 Å². The number of aromatic amines is 1. The zero-order valence-corrected chi connectivity index (χ0v) is 11.1. The van der Waals surface area contributed by atoms with Crippen LogP contribution in [0.1, 0.15) is 17.6 Å². The molecule has 0 aliphatic heterocycles. The van der Waals surface area contributed by atoms with E-state index in [0.717, 1.165) is 18.8 Å². The van der Waals surface area contributed by atoms with E-state index in [1.807, 2.05) is 14.1 Å². The monoisotopic (exact) mass is 269 g/mol. The van der Waals surface area contributed by atoms with Gasteiger partial charge < -0.3 is 10.6 Å². The van der Waals surface area contributed by atoms with Crippen molar-refractivity contribution in [2.75, 3.05) is 20.6 Å². The van der Waals surface area contributed by atoms with Gasteiger partial charge in [-0.3, -0.25) is 9.78 Å². The minimum absolute atomic E-state index is 0.454. The molecule has 2 aromatic rings. The number of H-pyrrole nitrogens is 1. The molecule has 0 bridgehead atoms. The van der Waals surface area contributed by atoms with Crippen molar-refractivity contribution < 1.29 is 0 Å².